The monoisotopic (exact) mass is 224 g/mol. The standard InChI is InChI=1S/C11H9ClO3/c1-6-3-2-4-8-9(6)10(12)7(5-13)11(14)15-8/h2-5,7,10H,1H3. The van der Waals surface area contributed by atoms with E-state index in [2.05, 4.69) is 0 Å². The molecule has 0 saturated heterocycles. The van der Waals surface area contributed by atoms with Gasteiger partial charge in [0, 0.05) is 5.56 Å². The summed E-state index contributed by atoms with van der Waals surface area (Å²) in [4.78, 5) is 22.1. The number of aldehydes is 1. The zero-order valence-electron chi connectivity index (χ0n) is 8.07. The van der Waals surface area contributed by atoms with E-state index in [1.54, 1.807) is 12.1 Å². The Morgan fingerprint density at radius 2 is 2.20 bits per heavy atom. The Bertz CT molecular complexity index is 428. The molecule has 3 nitrogen and oxygen atoms in total. The van der Waals surface area contributed by atoms with Gasteiger partial charge >= 0.3 is 5.97 Å². The summed E-state index contributed by atoms with van der Waals surface area (Å²) in [6.45, 7) is 1.87. The Morgan fingerprint density at radius 3 is 2.87 bits per heavy atom. The van der Waals surface area contributed by atoms with E-state index in [0.717, 1.165) is 11.1 Å². The van der Waals surface area contributed by atoms with Crippen LogP contribution in [0.2, 0.25) is 0 Å². The van der Waals surface area contributed by atoms with E-state index in [0.29, 0.717) is 12.0 Å². The van der Waals surface area contributed by atoms with E-state index >= 15 is 0 Å². The lowest BCUT2D eigenvalue weighted by Crippen LogP contribution is -2.30. The molecule has 0 aliphatic carbocycles. The smallest absolute Gasteiger partial charge is 0.323 e. The van der Waals surface area contributed by atoms with Crippen molar-refractivity contribution >= 4 is 23.9 Å². The molecule has 2 unspecified atom stereocenters. The number of esters is 1. The van der Waals surface area contributed by atoms with E-state index in [4.69, 9.17) is 16.3 Å². The van der Waals surface area contributed by atoms with E-state index in [1.807, 2.05) is 13.0 Å². The average molecular weight is 225 g/mol. The summed E-state index contributed by atoms with van der Waals surface area (Å²) in [5.41, 5.74) is 1.66. The van der Waals surface area contributed by atoms with Crippen LogP contribution in [0.25, 0.3) is 0 Å². The Labute approximate surface area is 92.0 Å². The third kappa shape index (κ3) is 1.53. The molecular formula is C11H9ClO3. The van der Waals surface area contributed by atoms with E-state index in [1.165, 1.54) is 0 Å². The van der Waals surface area contributed by atoms with Crippen molar-refractivity contribution < 1.29 is 14.3 Å². The molecule has 1 aromatic rings. The fraction of sp³-hybridized carbons (Fsp3) is 0.273. The highest BCUT2D eigenvalue weighted by atomic mass is 35.5. The molecule has 2 atom stereocenters. The van der Waals surface area contributed by atoms with Gasteiger partial charge < -0.3 is 9.53 Å². The van der Waals surface area contributed by atoms with E-state index in [-0.39, 0.29) is 0 Å². The molecule has 1 aliphatic rings. The fourth-order valence-corrected chi connectivity index (χ4v) is 2.14. The lowest BCUT2D eigenvalue weighted by atomic mass is 9.93. The summed E-state index contributed by atoms with van der Waals surface area (Å²) in [5.74, 6) is -1.03. The predicted octanol–water partition coefficient (Wildman–Crippen LogP) is 2.01. The topological polar surface area (TPSA) is 43.4 Å². The number of aryl methyl sites for hydroxylation is 1. The molecule has 15 heavy (non-hydrogen) atoms. The average Bonchev–Trinajstić information content (AvgIpc) is 2.17. The first-order valence-electron chi connectivity index (χ1n) is 4.55. The van der Waals surface area contributed by atoms with Crippen molar-refractivity contribution in [2.75, 3.05) is 0 Å². The van der Waals surface area contributed by atoms with Gasteiger partial charge in [-0.1, -0.05) is 12.1 Å². The Morgan fingerprint density at radius 1 is 1.47 bits per heavy atom. The number of carbonyl (C=O) groups excluding carboxylic acids is 2. The molecule has 4 heteroatoms. The molecule has 0 amide bonds. The first-order chi connectivity index (χ1) is 7.15. The maximum absolute atomic E-state index is 11.4. The van der Waals surface area contributed by atoms with Crippen LogP contribution in [0.5, 0.6) is 5.75 Å². The molecule has 78 valence electrons. The molecule has 0 saturated carbocycles. The second-order valence-corrected chi connectivity index (χ2v) is 3.94. The van der Waals surface area contributed by atoms with Gasteiger partial charge in [-0.25, -0.2) is 0 Å². The highest BCUT2D eigenvalue weighted by Crippen LogP contribution is 2.41. The van der Waals surface area contributed by atoms with Gasteiger partial charge in [-0.15, -0.1) is 11.6 Å². The van der Waals surface area contributed by atoms with Crippen LogP contribution in [-0.2, 0) is 9.59 Å². The zero-order valence-corrected chi connectivity index (χ0v) is 8.82. The lowest BCUT2D eigenvalue weighted by Gasteiger charge is -2.25. The van der Waals surface area contributed by atoms with Crippen molar-refractivity contribution in [3.63, 3.8) is 0 Å². The number of carbonyl (C=O) groups is 2. The largest absolute Gasteiger partial charge is 0.426 e. The number of hydrogen-bond donors (Lipinski definition) is 0. The quantitative estimate of drug-likeness (QED) is 0.241. The Kier molecular flexibility index (Phi) is 2.49. The third-order valence-corrected chi connectivity index (χ3v) is 2.99. The Hall–Kier alpha value is -1.35. The first kappa shape index (κ1) is 10.2. The predicted molar refractivity (Wildman–Crippen MR) is 55.0 cm³/mol. The highest BCUT2D eigenvalue weighted by molar-refractivity contribution is 6.24. The van der Waals surface area contributed by atoms with Crippen LogP contribution in [-0.4, -0.2) is 12.3 Å². The summed E-state index contributed by atoms with van der Waals surface area (Å²) in [5, 5.41) is -0.625. The maximum Gasteiger partial charge on any atom is 0.323 e. The molecule has 1 aromatic carbocycles. The van der Waals surface area contributed by atoms with Gasteiger partial charge in [0.25, 0.3) is 0 Å². The van der Waals surface area contributed by atoms with E-state index in [9.17, 15) is 9.59 Å². The summed E-state index contributed by atoms with van der Waals surface area (Å²) in [7, 11) is 0. The second kappa shape index (κ2) is 3.66. The fourth-order valence-electron chi connectivity index (χ4n) is 1.70. The van der Waals surface area contributed by atoms with Crippen LogP contribution in [0.3, 0.4) is 0 Å². The minimum absolute atomic E-state index is 0.457. The number of hydrogen-bond acceptors (Lipinski definition) is 3. The van der Waals surface area contributed by atoms with E-state index < -0.39 is 17.3 Å². The van der Waals surface area contributed by atoms with Gasteiger partial charge in [-0.3, -0.25) is 4.79 Å². The number of rotatable bonds is 1. The summed E-state index contributed by atoms with van der Waals surface area (Å²) in [6.07, 6.45) is 0.537. The minimum Gasteiger partial charge on any atom is -0.426 e. The van der Waals surface area contributed by atoms with Crippen molar-refractivity contribution in [3.8, 4) is 5.75 Å². The van der Waals surface area contributed by atoms with Crippen molar-refractivity contribution in [1.82, 2.24) is 0 Å². The summed E-state index contributed by atoms with van der Waals surface area (Å²) < 4.78 is 5.03. The number of fused-ring (bicyclic) bond motifs is 1. The zero-order chi connectivity index (χ0) is 11.0. The van der Waals surface area contributed by atoms with Gasteiger partial charge in [0.15, 0.2) is 0 Å². The summed E-state index contributed by atoms with van der Waals surface area (Å²) in [6, 6.07) is 5.33. The van der Waals surface area contributed by atoms with Gasteiger partial charge in [0.1, 0.15) is 18.0 Å². The Balaban J connectivity index is 2.56. The molecule has 0 aromatic heterocycles. The van der Waals surface area contributed by atoms with Gasteiger partial charge in [0.05, 0.1) is 5.38 Å². The number of ether oxygens (including phenoxy) is 1. The lowest BCUT2D eigenvalue weighted by molar-refractivity contribution is -0.142. The molecule has 0 N–H and O–H groups in total. The second-order valence-electron chi connectivity index (χ2n) is 3.47. The summed E-state index contributed by atoms with van der Waals surface area (Å²) >= 11 is 6.08. The maximum atomic E-state index is 11.4. The van der Waals surface area contributed by atoms with Crippen molar-refractivity contribution in [2.24, 2.45) is 5.92 Å². The SMILES string of the molecule is Cc1cccc2c1C(Cl)C(C=O)C(=O)O2. The molecule has 0 bridgehead atoms. The molecule has 0 radical (unpaired) electrons. The van der Waals surface area contributed by atoms with Crippen LogP contribution < -0.4 is 4.74 Å². The molecule has 0 fully saturated rings. The van der Waals surface area contributed by atoms with Crippen LogP contribution >= 0.6 is 11.6 Å². The van der Waals surface area contributed by atoms with Crippen LogP contribution in [0.15, 0.2) is 18.2 Å². The van der Waals surface area contributed by atoms with Crippen molar-refractivity contribution in [2.45, 2.75) is 12.3 Å². The minimum atomic E-state index is -0.903. The van der Waals surface area contributed by atoms with Crippen LogP contribution in [0.4, 0.5) is 0 Å². The number of alkyl halides is 1. The number of halogens is 1. The number of benzene rings is 1. The van der Waals surface area contributed by atoms with Gasteiger partial charge in [-0.2, -0.15) is 0 Å². The normalized spacial score (nSPS) is 24.3. The molecular weight excluding hydrogens is 216 g/mol. The van der Waals surface area contributed by atoms with Gasteiger partial charge in [-0.05, 0) is 18.6 Å². The van der Waals surface area contributed by atoms with Crippen molar-refractivity contribution in [1.29, 1.82) is 0 Å². The first-order valence-corrected chi connectivity index (χ1v) is 4.99. The molecule has 1 heterocycles. The third-order valence-electron chi connectivity index (χ3n) is 2.50. The molecule has 0 spiro atoms. The van der Waals surface area contributed by atoms with Crippen molar-refractivity contribution in [3.05, 3.63) is 29.3 Å². The van der Waals surface area contributed by atoms with Crippen LogP contribution in [0, 0.1) is 12.8 Å². The molecule has 2 rings (SSSR count). The van der Waals surface area contributed by atoms with Gasteiger partial charge in [0.2, 0.25) is 0 Å². The van der Waals surface area contributed by atoms with Crippen LogP contribution in [0.1, 0.15) is 16.5 Å². The highest BCUT2D eigenvalue weighted by Gasteiger charge is 2.37. The molecule has 1 aliphatic heterocycles.